The van der Waals surface area contributed by atoms with Crippen molar-refractivity contribution in [1.29, 1.82) is 0 Å². The number of carbonyl (C=O) groups is 6. The Kier molecular flexibility index (Phi) is 17.7. The minimum Gasteiger partial charge on any atom is -0.507 e. The summed E-state index contributed by atoms with van der Waals surface area (Å²) in [6.07, 6.45) is 2.08. The molecule has 65 heavy (non-hydrogen) atoms. The van der Waals surface area contributed by atoms with Crippen molar-refractivity contribution in [1.82, 2.24) is 26.2 Å². The van der Waals surface area contributed by atoms with Crippen molar-refractivity contribution in [2.24, 2.45) is 17.2 Å². The van der Waals surface area contributed by atoms with Crippen molar-refractivity contribution in [3.63, 3.8) is 0 Å². The van der Waals surface area contributed by atoms with Crippen LogP contribution < -0.4 is 43.2 Å². The molecule has 0 radical (unpaired) electrons. The predicted octanol–water partition coefficient (Wildman–Crippen LogP) is 3.02. The molecule has 4 aromatic rings. The van der Waals surface area contributed by atoms with E-state index < -0.39 is 59.7 Å². The second kappa shape index (κ2) is 23.4. The third kappa shape index (κ3) is 12.8. The lowest BCUT2D eigenvalue weighted by atomic mass is 9.90. The Morgan fingerprint density at radius 2 is 1.52 bits per heavy atom. The molecule has 16 nitrogen and oxygen atoms in total. The average Bonchev–Trinajstić information content (AvgIpc) is 3.29. The second-order valence-corrected chi connectivity index (χ2v) is 16.4. The van der Waals surface area contributed by atoms with Crippen LogP contribution in [0.2, 0.25) is 0 Å². The number of benzene rings is 4. The lowest BCUT2D eigenvalue weighted by Gasteiger charge is -2.33. The highest BCUT2D eigenvalue weighted by molar-refractivity contribution is 6.00. The Balaban J connectivity index is 1.63. The van der Waals surface area contributed by atoms with Crippen LogP contribution in [0.5, 0.6) is 11.5 Å². The fourth-order valence-electron chi connectivity index (χ4n) is 7.68. The van der Waals surface area contributed by atoms with Crippen LogP contribution in [0, 0.1) is 0 Å². The van der Waals surface area contributed by atoms with E-state index in [0.717, 1.165) is 11.1 Å². The molecule has 1 aliphatic heterocycles. The molecule has 16 heteroatoms. The number of amides is 5. The number of ketones is 1. The molecule has 0 aromatic heterocycles. The number of hydrogen-bond donors (Lipinski definition) is 8. The van der Waals surface area contributed by atoms with Gasteiger partial charge in [-0.25, -0.2) is 0 Å². The van der Waals surface area contributed by atoms with Gasteiger partial charge in [-0.05, 0) is 130 Å². The van der Waals surface area contributed by atoms with Gasteiger partial charge in [0.1, 0.15) is 42.3 Å². The number of likely N-dealkylation sites (N-methyl/N-ethyl adjacent to an activating group) is 1. The van der Waals surface area contributed by atoms with Crippen LogP contribution in [0.25, 0.3) is 22.3 Å². The highest BCUT2D eigenvalue weighted by atomic mass is 16.5. The molecule has 0 saturated carbocycles. The maximum atomic E-state index is 14.9. The Hall–Kier alpha value is -6.62. The number of unbranched alkanes of at least 4 members (excludes halogenated alkanes) is 1. The van der Waals surface area contributed by atoms with E-state index in [-0.39, 0.29) is 43.1 Å². The number of carbonyl (C=O) groups excluding carboxylic acids is 6. The largest absolute Gasteiger partial charge is 0.507 e. The fourth-order valence-corrected chi connectivity index (χ4v) is 7.68. The molecule has 1 aliphatic rings. The smallest absolute Gasteiger partial charge is 0.251 e. The Morgan fingerprint density at radius 3 is 2.18 bits per heavy atom. The van der Waals surface area contributed by atoms with Crippen molar-refractivity contribution in [2.45, 2.75) is 89.5 Å². The molecule has 5 unspecified atom stereocenters. The molecule has 5 atom stereocenters. The molecular weight excluding hydrogens is 829 g/mol. The maximum Gasteiger partial charge on any atom is 0.251 e. The van der Waals surface area contributed by atoms with Gasteiger partial charge in [-0.2, -0.15) is 0 Å². The number of phenolic OH excluding ortho intramolecular Hbond substituents is 1. The van der Waals surface area contributed by atoms with Crippen LogP contribution in [0.4, 0.5) is 0 Å². The summed E-state index contributed by atoms with van der Waals surface area (Å²) in [6.45, 7) is 5.24. The Bertz CT molecular complexity index is 2320. The van der Waals surface area contributed by atoms with Gasteiger partial charge in [-0.15, -0.1) is 0 Å². The van der Waals surface area contributed by atoms with Crippen molar-refractivity contribution in [3.05, 3.63) is 107 Å². The average molecular weight is 891 g/mol. The summed E-state index contributed by atoms with van der Waals surface area (Å²) in [5.74, 6) is -3.27. The van der Waals surface area contributed by atoms with Crippen molar-refractivity contribution >= 4 is 35.3 Å². The Morgan fingerprint density at radius 1 is 0.831 bits per heavy atom. The molecule has 5 amide bonds. The van der Waals surface area contributed by atoms with Crippen LogP contribution in [0.1, 0.15) is 79.5 Å². The van der Waals surface area contributed by atoms with Gasteiger partial charge < -0.3 is 53.2 Å². The molecule has 4 bridgehead atoms. The SMILES string of the molecule is CC(=O)C(C)NC(=O)C1Cc2ccc(O)c(c2)-c2cc(cc(CCCN)c2OCCN)C(N(C)C(=O)C(CCCCN)NC(=O)c2ccc(-c3ccccc3)cc2)C(=O)NC(C)C(=O)N1. The first-order valence-corrected chi connectivity index (χ1v) is 22.0. The number of aryl methyl sites for hydroxylation is 1. The summed E-state index contributed by atoms with van der Waals surface area (Å²) < 4.78 is 6.28. The third-order valence-electron chi connectivity index (χ3n) is 11.5. The van der Waals surface area contributed by atoms with Crippen molar-refractivity contribution < 1.29 is 38.6 Å². The highest BCUT2D eigenvalue weighted by Crippen LogP contribution is 2.42. The molecular formula is C49H62N8O8. The number of fused-ring (bicyclic) bond motifs is 5. The number of phenols is 1. The minimum absolute atomic E-state index is 0.0524. The topological polar surface area (TPSA) is 261 Å². The quantitative estimate of drug-likeness (QED) is 0.0674. The first-order chi connectivity index (χ1) is 31.2. The predicted molar refractivity (Wildman–Crippen MR) is 249 cm³/mol. The molecule has 346 valence electrons. The van der Waals surface area contributed by atoms with E-state index in [0.29, 0.717) is 72.3 Å². The van der Waals surface area contributed by atoms with Gasteiger partial charge in [0.05, 0.1) is 6.04 Å². The number of aromatic hydroxyl groups is 1. The molecule has 0 saturated heterocycles. The first kappa shape index (κ1) is 49.4. The standard InChI is InChI=1S/C49H62N8O8/c1-29(31(3)58)53-47(62)41-26-32-15-20-42(59)38(25-32)39-28-37(27-36(13-10-22-51)44(39)65-24-23-52)43(48(63)54-30(2)45(60)56-41)57(4)49(64)40(14-8-9-21-50)55-46(61)35-18-16-34(17-19-35)33-11-6-5-7-12-33/h5-7,11-12,15-20,25,27-30,40-41,43,59H,8-10,13-14,21-24,26,50-52H2,1-4H3,(H,53,62)(H,54,63)(H,55,61)(H,56,60). The summed E-state index contributed by atoms with van der Waals surface area (Å²) >= 11 is 0. The number of rotatable bonds is 18. The van der Waals surface area contributed by atoms with Gasteiger partial charge >= 0.3 is 0 Å². The van der Waals surface area contributed by atoms with Gasteiger partial charge in [0.15, 0.2) is 5.78 Å². The van der Waals surface area contributed by atoms with Crippen LogP contribution in [-0.2, 0) is 36.8 Å². The van der Waals surface area contributed by atoms with Gasteiger partial charge in [-0.1, -0.05) is 48.5 Å². The van der Waals surface area contributed by atoms with Crippen molar-refractivity contribution in [2.75, 3.05) is 33.3 Å². The zero-order valence-corrected chi connectivity index (χ0v) is 37.5. The van der Waals surface area contributed by atoms with E-state index in [1.165, 1.54) is 38.8 Å². The number of nitrogens with one attached hydrogen (secondary N) is 4. The number of nitrogens with two attached hydrogens (primary N) is 3. The second-order valence-electron chi connectivity index (χ2n) is 16.4. The van der Waals surface area contributed by atoms with Crippen molar-refractivity contribution in [3.8, 4) is 33.8 Å². The van der Waals surface area contributed by atoms with E-state index in [1.54, 1.807) is 36.4 Å². The van der Waals surface area contributed by atoms with Crippen LogP contribution in [0.15, 0.2) is 84.9 Å². The van der Waals surface area contributed by atoms with Gasteiger partial charge in [-0.3, -0.25) is 28.8 Å². The van der Waals surface area contributed by atoms with Gasteiger partial charge in [0.2, 0.25) is 23.6 Å². The zero-order valence-electron chi connectivity index (χ0n) is 37.5. The summed E-state index contributed by atoms with van der Waals surface area (Å²) in [4.78, 5) is 84.4. The van der Waals surface area contributed by atoms with E-state index in [1.807, 2.05) is 42.5 Å². The molecule has 11 N–H and O–H groups in total. The summed E-state index contributed by atoms with van der Waals surface area (Å²) in [5.41, 5.74) is 22.1. The summed E-state index contributed by atoms with van der Waals surface area (Å²) in [6, 6.07) is 19.0. The molecule has 5 rings (SSSR count). The van der Waals surface area contributed by atoms with E-state index in [9.17, 15) is 33.9 Å². The van der Waals surface area contributed by atoms with Gasteiger partial charge in [0.25, 0.3) is 5.91 Å². The summed E-state index contributed by atoms with van der Waals surface area (Å²) in [5, 5.41) is 22.5. The number of hydrogen-bond acceptors (Lipinski definition) is 11. The van der Waals surface area contributed by atoms with Crippen LogP contribution in [-0.4, -0.2) is 103 Å². The van der Waals surface area contributed by atoms with Crippen LogP contribution in [0.3, 0.4) is 0 Å². The molecule has 1 heterocycles. The monoisotopic (exact) mass is 890 g/mol. The molecule has 0 spiro atoms. The summed E-state index contributed by atoms with van der Waals surface area (Å²) in [7, 11) is 1.45. The normalized spacial score (nSPS) is 17.1. The van der Waals surface area contributed by atoms with E-state index >= 15 is 0 Å². The molecule has 4 aromatic carbocycles. The van der Waals surface area contributed by atoms with E-state index in [2.05, 4.69) is 21.3 Å². The number of Topliss-reactive ketones (excluding diaryl/α,β-unsaturated/α-hetero) is 1. The maximum absolute atomic E-state index is 14.9. The lowest BCUT2D eigenvalue weighted by molar-refractivity contribution is -0.141. The fraction of sp³-hybridized carbons (Fsp3) is 0.388. The number of nitrogens with zero attached hydrogens (tertiary/aromatic N) is 1. The van der Waals surface area contributed by atoms with Crippen LogP contribution >= 0.6 is 0 Å². The lowest BCUT2D eigenvalue weighted by Crippen LogP contribution is -2.56. The zero-order chi connectivity index (χ0) is 47.2. The minimum atomic E-state index is -1.42. The third-order valence-corrected chi connectivity index (χ3v) is 11.5. The van der Waals surface area contributed by atoms with Gasteiger partial charge in [0, 0.05) is 36.7 Å². The number of ether oxygens (including phenoxy) is 1. The Labute approximate surface area is 380 Å². The highest BCUT2D eigenvalue weighted by Gasteiger charge is 2.37. The van der Waals surface area contributed by atoms with E-state index in [4.69, 9.17) is 21.9 Å². The molecule has 0 aliphatic carbocycles. The first-order valence-electron chi connectivity index (χ1n) is 22.0. The molecule has 0 fully saturated rings.